The van der Waals surface area contributed by atoms with Gasteiger partial charge < -0.3 is 14.3 Å². The molecule has 0 spiro atoms. The van der Waals surface area contributed by atoms with Crippen LogP contribution in [0.4, 0.5) is 0 Å². The molecule has 8 nitrogen and oxygen atoms in total. The van der Waals surface area contributed by atoms with Gasteiger partial charge in [0.1, 0.15) is 6.26 Å². The van der Waals surface area contributed by atoms with Crippen LogP contribution in [0.25, 0.3) is 0 Å². The number of rotatable bonds is 4. The third kappa shape index (κ3) is 3.08. The van der Waals surface area contributed by atoms with Gasteiger partial charge in [-0.2, -0.15) is 4.31 Å². The molecule has 0 radical (unpaired) electrons. The first-order chi connectivity index (χ1) is 9.86. The van der Waals surface area contributed by atoms with Gasteiger partial charge in [0.15, 0.2) is 0 Å². The van der Waals surface area contributed by atoms with E-state index in [1.165, 1.54) is 7.11 Å². The monoisotopic (exact) mass is 317 g/mol. The predicted molar refractivity (Wildman–Crippen MR) is 69.2 cm³/mol. The van der Waals surface area contributed by atoms with Crippen molar-refractivity contribution in [1.82, 2.24) is 4.31 Å². The van der Waals surface area contributed by atoms with Crippen molar-refractivity contribution in [2.75, 3.05) is 20.2 Å². The standard InChI is InChI=1S/C12H15NO7S/c1-19-12(16)9-5-10(20-7-9)21(17,18)13-4-2-3-8(6-13)11(14)15/h5,7-8H,2-4,6H2,1H3,(H,14,15). The van der Waals surface area contributed by atoms with E-state index in [1.54, 1.807) is 0 Å². The molecular formula is C12H15NO7S. The summed E-state index contributed by atoms with van der Waals surface area (Å²) in [4.78, 5) is 22.3. The Bertz CT molecular complexity index is 648. The summed E-state index contributed by atoms with van der Waals surface area (Å²) in [6, 6.07) is 1.07. The number of aliphatic carboxylic acids is 1. The summed E-state index contributed by atoms with van der Waals surface area (Å²) in [5.41, 5.74) is -0.0112. The number of nitrogens with zero attached hydrogens (tertiary/aromatic N) is 1. The molecule has 1 unspecified atom stereocenters. The number of carbonyl (C=O) groups is 2. The zero-order valence-corrected chi connectivity index (χ0v) is 12.1. The zero-order valence-electron chi connectivity index (χ0n) is 11.3. The van der Waals surface area contributed by atoms with Crippen LogP contribution in [0.2, 0.25) is 0 Å². The van der Waals surface area contributed by atoms with E-state index < -0.39 is 33.0 Å². The first-order valence-electron chi connectivity index (χ1n) is 6.26. The van der Waals surface area contributed by atoms with E-state index in [2.05, 4.69) is 4.74 Å². The Morgan fingerprint density at radius 1 is 1.48 bits per heavy atom. The third-order valence-electron chi connectivity index (χ3n) is 3.32. The van der Waals surface area contributed by atoms with E-state index >= 15 is 0 Å². The molecule has 1 N–H and O–H groups in total. The van der Waals surface area contributed by atoms with Crippen LogP contribution in [-0.2, 0) is 19.6 Å². The van der Waals surface area contributed by atoms with Crippen molar-refractivity contribution in [3.05, 3.63) is 17.9 Å². The van der Waals surface area contributed by atoms with Crippen LogP contribution >= 0.6 is 0 Å². The largest absolute Gasteiger partial charge is 0.481 e. The summed E-state index contributed by atoms with van der Waals surface area (Å²) in [6.07, 6.45) is 1.89. The van der Waals surface area contributed by atoms with E-state index in [0.717, 1.165) is 16.6 Å². The van der Waals surface area contributed by atoms with Crippen LogP contribution < -0.4 is 0 Å². The molecule has 1 aliphatic rings. The molecular weight excluding hydrogens is 302 g/mol. The molecule has 21 heavy (non-hydrogen) atoms. The van der Waals surface area contributed by atoms with Gasteiger partial charge >= 0.3 is 11.9 Å². The van der Waals surface area contributed by atoms with E-state index in [4.69, 9.17) is 9.52 Å². The van der Waals surface area contributed by atoms with Crippen molar-refractivity contribution in [1.29, 1.82) is 0 Å². The Labute approximate surface area is 121 Å². The normalized spacial score (nSPS) is 20.1. The zero-order chi connectivity index (χ0) is 15.6. The highest BCUT2D eigenvalue weighted by atomic mass is 32.2. The second-order valence-electron chi connectivity index (χ2n) is 4.69. The molecule has 1 fully saturated rings. The molecule has 1 aliphatic heterocycles. The number of carboxylic acid groups (broad SMARTS) is 1. The molecule has 0 saturated carbocycles. The topological polar surface area (TPSA) is 114 Å². The summed E-state index contributed by atoms with van der Waals surface area (Å²) in [7, 11) is -2.78. The molecule has 0 aliphatic carbocycles. The van der Waals surface area contributed by atoms with Crippen LogP contribution in [0.15, 0.2) is 21.8 Å². The number of ether oxygens (including phenoxy) is 1. The number of carbonyl (C=O) groups excluding carboxylic acids is 1. The van der Waals surface area contributed by atoms with Crippen LogP contribution in [0.1, 0.15) is 23.2 Å². The van der Waals surface area contributed by atoms with Crippen LogP contribution in [0.5, 0.6) is 0 Å². The number of piperidine rings is 1. The Hall–Kier alpha value is -1.87. The average Bonchev–Trinajstić information content (AvgIpc) is 2.97. The second-order valence-corrected chi connectivity index (χ2v) is 6.56. The van der Waals surface area contributed by atoms with Gasteiger partial charge in [-0.05, 0) is 12.8 Å². The van der Waals surface area contributed by atoms with Gasteiger partial charge in [-0.3, -0.25) is 4.79 Å². The summed E-state index contributed by atoms with van der Waals surface area (Å²) in [6.45, 7) is 0.117. The minimum atomic E-state index is -3.95. The molecule has 0 aromatic carbocycles. The molecule has 1 atom stereocenters. The van der Waals surface area contributed by atoms with Crippen molar-refractivity contribution in [2.24, 2.45) is 5.92 Å². The first-order valence-corrected chi connectivity index (χ1v) is 7.70. The predicted octanol–water partition coefficient (Wildman–Crippen LogP) is 0.552. The summed E-state index contributed by atoms with van der Waals surface area (Å²) < 4.78 is 35.2. The van der Waals surface area contributed by atoms with E-state index in [-0.39, 0.29) is 18.7 Å². The number of methoxy groups -OCH3 is 1. The molecule has 9 heteroatoms. The Morgan fingerprint density at radius 2 is 2.19 bits per heavy atom. The lowest BCUT2D eigenvalue weighted by Gasteiger charge is -2.28. The fourth-order valence-electron chi connectivity index (χ4n) is 2.17. The third-order valence-corrected chi connectivity index (χ3v) is 5.06. The highest BCUT2D eigenvalue weighted by Gasteiger charge is 2.35. The summed E-state index contributed by atoms with van der Waals surface area (Å²) in [5.74, 6) is -2.46. The van der Waals surface area contributed by atoms with Crippen LogP contribution in [0, 0.1) is 5.92 Å². The van der Waals surface area contributed by atoms with Gasteiger partial charge in [0.25, 0.3) is 10.0 Å². The van der Waals surface area contributed by atoms with Gasteiger partial charge in [0.05, 0.1) is 18.6 Å². The Morgan fingerprint density at radius 3 is 2.81 bits per heavy atom. The van der Waals surface area contributed by atoms with Gasteiger partial charge in [0, 0.05) is 19.2 Å². The highest BCUT2D eigenvalue weighted by molar-refractivity contribution is 7.89. The molecule has 1 saturated heterocycles. The number of furan rings is 1. The van der Waals surface area contributed by atoms with E-state index in [0.29, 0.717) is 12.8 Å². The second kappa shape index (κ2) is 5.86. The fourth-order valence-corrected chi connectivity index (χ4v) is 3.61. The average molecular weight is 317 g/mol. The maximum atomic E-state index is 12.4. The van der Waals surface area contributed by atoms with Crippen molar-refractivity contribution in [2.45, 2.75) is 17.9 Å². The number of carboxylic acids is 1. The van der Waals surface area contributed by atoms with Gasteiger partial charge in [0.2, 0.25) is 5.09 Å². The highest BCUT2D eigenvalue weighted by Crippen LogP contribution is 2.25. The number of hydrogen-bond acceptors (Lipinski definition) is 6. The minimum absolute atomic E-state index is 0.0112. The van der Waals surface area contributed by atoms with Gasteiger partial charge in [-0.15, -0.1) is 0 Å². The lowest BCUT2D eigenvalue weighted by molar-refractivity contribution is -0.142. The number of esters is 1. The Balaban J connectivity index is 2.23. The Kier molecular flexibility index (Phi) is 4.33. The molecule has 1 aromatic heterocycles. The fraction of sp³-hybridized carbons (Fsp3) is 0.500. The van der Waals surface area contributed by atoms with E-state index in [9.17, 15) is 18.0 Å². The quantitative estimate of drug-likeness (QED) is 0.806. The lowest BCUT2D eigenvalue weighted by Crippen LogP contribution is -2.42. The lowest BCUT2D eigenvalue weighted by atomic mass is 10.0. The first kappa shape index (κ1) is 15.5. The van der Waals surface area contributed by atoms with Crippen LogP contribution in [-0.4, -0.2) is 50.0 Å². The molecule has 2 heterocycles. The van der Waals surface area contributed by atoms with Crippen LogP contribution in [0.3, 0.4) is 0 Å². The SMILES string of the molecule is COC(=O)c1coc(S(=O)(=O)N2CCCC(C(=O)O)C2)c1. The smallest absolute Gasteiger partial charge is 0.341 e. The molecule has 0 bridgehead atoms. The molecule has 1 aromatic rings. The van der Waals surface area contributed by atoms with Crippen molar-refractivity contribution >= 4 is 22.0 Å². The van der Waals surface area contributed by atoms with Gasteiger partial charge in [-0.1, -0.05) is 0 Å². The van der Waals surface area contributed by atoms with Crippen molar-refractivity contribution < 1.29 is 32.3 Å². The maximum absolute atomic E-state index is 12.4. The van der Waals surface area contributed by atoms with E-state index in [1.807, 2.05) is 0 Å². The van der Waals surface area contributed by atoms with Crippen molar-refractivity contribution in [3.8, 4) is 0 Å². The summed E-state index contributed by atoms with van der Waals surface area (Å²) >= 11 is 0. The molecule has 2 rings (SSSR count). The summed E-state index contributed by atoms with van der Waals surface area (Å²) in [5, 5.41) is 8.60. The van der Waals surface area contributed by atoms with Gasteiger partial charge in [-0.25, -0.2) is 13.2 Å². The maximum Gasteiger partial charge on any atom is 0.341 e. The molecule has 0 amide bonds. The van der Waals surface area contributed by atoms with Crippen molar-refractivity contribution in [3.63, 3.8) is 0 Å². The molecule has 116 valence electrons. The minimum Gasteiger partial charge on any atom is -0.481 e. The number of sulfonamides is 1. The number of hydrogen-bond donors (Lipinski definition) is 1.